The van der Waals surface area contributed by atoms with Crippen molar-refractivity contribution in [1.82, 2.24) is 19.6 Å². The summed E-state index contributed by atoms with van der Waals surface area (Å²) in [5.74, 6) is 1.84. The van der Waals surface area contributed by atoms with Gasteiger partial charge in [-0.25, -0.2) is 0 Å². The molecular formula is C30H40Cl2N4O2Pd. The van der Waals surface area contributed by atoms with E-state index in [1.807, 2.05) is 58.6 Å². The Bertz CT molecular complexity index is 986. The molecule has 0 amide bonds. The number of para-hydroxylation sites is 2. The molecule has 4 radical (unpaired) electrons. The second-order valence-corrected chi connectivity index (χ2v) is 13.2. The van der Waals surface area contributed by atoms with Crippen molar-refractivity contribution in [2.45, 2.75) is 65.7 Å². The first-order chi connectivity index (χ1) is 18.4. The van der Waals surface area contributed by atoms with Crippen LogP contribution in [0.1, 0.15) is 52.7 Å². The van der Waals surface area contributed by atoms with E-state index in [-0.39, 0.29) is 27.0 Å². The molecule has 0 saturated carbocycles. The fourth-order valence-electron chi connectivity index (χ4n) is 3.66. The fourth-order valence-corrected chi connectivity index (χ4v) is 3.66. The quantitative estimate of drug-likeness (QED) is 0.297. The van der Waals surface area contributed by atoms with Crippen LogP contribution in [0.2, 0.25) is 0 Å². The van der Waals surface area contributed by atoms with Crippen LogP contribution < -0.4 is 9.47 Å². The molecule has 0 saturated heterocycles. The van der Waals surface area contributed by atoms with Gasteiger partial charge in [0.2, 0.25) is 13.3 Å². The molecule has 0 atom stereocenters. The van der Waals surface area contributed by atoms with Crippen LogP contribution in [0.5, 0.6) is 11.5 Å². The molecule has 216 valence electrons. The van der Waals surface area contributed by atoms with Gasteiger partial charge in [0.25, 0.3) is 0 Å². The van der Waals surface area contributed by atoms with Crippen molar-refractivity contribution >= 4 is 19.1 Å². The first-order valence-corrected chi connectivity index (χ1v) is 16.5. The summed E-state index contributed by atoms with van der Waals surface area (Å²) >= 11 is -0.106. The molecule has 0 aromatic heterocycles. The molecule has 0 spiro atoms. The number of methoxy groups -OCH3 is 2. The predicted octanol–water partition coefficient (Wildman–Crippen LogP) is 7.53. The topological polar surface area (TPSA) is 31.4 Å². The third-order valence-corrected chi connectivity index (χ3v) is 5.78. The van der Waals surface area contributed by atoms with E-state index in [2.05, 4.69) is 89.2 Å². The first-order valence-electron chi connectivity index (χ1n) is 12.5. The Hall–Kier alpha value is -2.04. The van der Waals surface area contributed by atoms with Gasteiger partial charge in [0.15, 0.2) is 0 Å². The fraction of sp³-hybridized carbons (Fsp3) is 0.400. The number of hydrogen-bond acceptors (Lipinski definition) is 6. The van der Waals surface area contributed by atoms with Gasteiger partial charge in [0, 0.05) is 60.1 Å². The van der Waals surface area contributed by atoms with Crippen molar-refractivity contribution in [3.8, 4) is 11.5 Å². The number of halogens is 2. The standard InChI is InChI=1S/2C15H20N2O.2ClH.Pd/c2*1-15(2,3)17-10-9-16(12-17)11-13-7-5-6-8-14(13)18-4;;;/h2*5-10H,11H2,1-4H3;2*1H;/q;;;;+2/p-2. The Kier molecular flexibility index (Phi) is 13.3. The van der Waals surface area contributed by atoms with Crippen LogP contribution in [0.3, 0.4) is 0 Å². The molecule has 2 aromatic rings. The van der Waals surface area contributed by atoms with E-state index in [4.69, 9.17) is 28.5 Å². The maximum atomic E-state index is 5.36. The van der Waals surface area contributed by atoms with Gasteiger partial charge in [-0.05, 0) is 53.7 Å². The predicted molar refractivity (Wildman–Crippen MR) is 157 cm³/mol. The third-order valence-electron chi connectivity index (χ3n) is 5.78. The van der Waals surface area contributed by atoms with E-state index in [1.165, 1.54) is 0 Å². The second kappa shape index (κ2) is 15.7. The van der Waals surface area contributed by atoms with Crippen molar-refractivity contribution in [1.29, 1.82) is 0 Å². The van der Waals surface area contributed by atoms with Gasteiger partial charge < -0.3 is 29.1 Å². The summed E-state index contributed by atoms with van der Waals surface area (Å²) in [6.07, 6.45) is 8.18. The average Bonchev–Trinajstić information content (AvgIpc) is 3.56. The van der Waals surface area contributed by atoms with Crippen molar-refractivity contribution in [3.63, 3.8) is 0 Å². The van der Waals surface area contributed by atoms with E-state index < -0.39 is 0 Å². The van der Waals surface area contributed by atoms with E-state index in [1.54, 1.807) is 14.2 Å². The van der Waals surface area contributed by atoms with Gasteiger partial charge in [-0.1, -0.05) is 36.4 Å². The minimum absolute atomic E-state index is 0.0615. The minimum atomic E-state index is -0.106. The number of nitrogens with zero attached hydrogens (tertiary/aromatic N) is 4. The Balaban J connectivity index is 0.000000249. The van der Waals surface area contributed by atoms with E-state index in [0.29, 0.717) is 0 Å². The number of rotatable bonds is 6. The maximum absolute atomic E-state index is 5.36. The summed E-state index contributed by atoms with van der Waals surface area (Å²) in [5, 5.41) is 0. The van der Waals surface area contributed by atoms with Crippen LogP contribution in [0.25, 0.3) is 0 Å². The van der Waals surface area contributed by atoms with Crippen molar-refractivity contribution < 1.29 is 25.4 Å². The van der Waals surface area contributed by atoms with Crippen LogP contribution in [0.15, 0.2) is 73.3 Å². The summed E-state index contributed by atoms with van der Waals surface area (Å²) in [5.41, 5.74) is 2.44. The van der Waals surface area contributed by atoms with Crippen LogP contribution in [0.4, 0.5) is 0 Å². The summed E-state index contributed by atoms with van der Waals surface area (Å²) < 4.78 is 10.7. The van der Waals surface area contributed by atoms with Gasteiger partial charge in [0.05, 0.1) is 14.2 Å². The molecule has 0 fully saturated rings. The zero-order chi connectivity index (χ0) is 29.1. The number of hydrogen-bond donors (Lipinski definition) is 0. The molecule has 39 heavy (non-hydrogen) atoms. The molecular weight excluding hydrogens is 626 g/mol. The second-order valence-electron chi connectivity index (χ2n) is 10.8. The molecule has 0 unspecified atom stereocenters. The average molecular weight is 666 g/mol. The van der Waals surface area contributed by atoms with Crippen LogP contribution in [0, 0.1) is 13.3 Å². The van der Waals surface area contributed by atoms with E-state index in [9.17, 15) is 0 Å². The van der Waals surface area contributed by atoms with Crippen molar-refractivity contribution in [3.05, 3.63) is 97.8 Å². The number of benzene rings is 2. The molecule has 0 aliphatic carbocycles. The molecule has 9 heteroatoms. The van der Waals surface area contributed by atoms with Gasteiger partial charge in [-0.15, -0.1) is 0 Å². The van der Waals surface area contributed by atoms with Gasteiger partial charge in [0.1, 0.15) is 11.5 Å². The molecule has 2 heterocycles. The molecule has 2 aromatic carbocycles. The van der Waals surface area contributed by atoms with Crippen LogP contribution in [-0.2, 0) is 29.0 Å². The molecule has 6 nitrogen and oxygen atoms in total. The Labute approximate surface area is 252 Å². The Morgan fingerprint density at radius 1 is 0.641 bits per heavy atom. The van der Waals surface area contributed by atoms with Crippen LogP contribution in [-0.4, -0.2) is 44.9 Å². The number of ether oxygens (including phenoxy) is 2. The van der Waals surface area contributed by atoms with Crippen molar-refractivity contribution in [2.24, 2.45) is 0 Å². The summed E-state index contributed by atoms with van der Waals surface area (Å²) in [7, 11) is 13.0. The SMILES string of the molecule is COc1ccccc1CN1[C]N(C(C)(C)C)C=C1.COc1ccccc1CN1[C]N(C(C)(C)C)C=C1.[Cl][Pd][Cl]. The van der Waals surface area contributed by atoms with Gasteiger partial charge in [-0.3, -0.25) is 0 Å². The molecule has 4 rings (SSSR count). The van der Waals surface area contributed by atoms with E-state index >= 15 is 0 Å². The molecule has 0 bridgehead atoms. The van der Waals surface area contributed by atoms with Crippen LogP contribution >= 0.6 is 19.1 Å². The zero-order valence-corrected chi connectivity index (χ0v) is 27.1. The molecule has 0 N–H and O–H groups in total. The Morgan fingerprint density at radius 2 is 0.974 bits per heavy atom. The third kappa shape index (κ3) is 10.8. The van der Waals surface area contributed by atoms with Crippen molar-refractivity contribution in [2.75, 3.05) is 14.2 Å². The summed E-state index contributed by atoms with van der Waals surface area (Å²) in [6.45, 7) is 21.2. The zero-order valence-electron chi connectivity index (χ0n) is 24.0. The van der Waals surface area contributed by atoms with Gasteiger partial charge in [-0.2, -0.15) is 0 Å². The Morgan fingerprint density at radius 3 is 1.26 bits per heavy atom. The monoisotopic (exact) mass is 664 g/mol. The summed E-state index contributed by atoms with van der Waals surface area (Å²) in [6, 6.07) is 16.1. The molecule has 2 aliphatic heterocycles. The van der Waals surface area contributed by atoms with E-state index in [0.717, 1.165) is 35.7 Å². The first kappa shape index (κ1) is 33.2. The summed E-state index contributed by atoms with van der Waals surface area (Å²) in [4.78, 5) is 8.26. The van der Waals surface area contributed by atoms with Gasteiger partial charge >= 0.3 is 35.0 Å². The molecule has 2 aliphatic rings. The normalized spacial score (nSPS) is 14.7.